The third-order valence-electron chi connectivity index (χ3n) is 3.00. The number of hydrogen-bond donors (Lipinski definition) is 3. The molecule has 0 aliphatic rings. The van der Waals surface area contributed by atoms with Crippen LogP contribution < -0.4 is 16.4 Å². The topological polar surface area (TPSA) is 93.4 Å². The summed E-state index contributed by atoms with van der Waals surface area (Å²) in [4.78, 5) is 23.8. The number of hydrogen-bond acceptors (Lipinski definition) is 4. The van der Waals surface area contributed by atoms with Crippen molar-refractivity contribution in [3.63, 3.8) is 0 Å². The van der Waals surface area contributed by atoms with Gasteiger partial charge in [-0.1, -0.05) is 31.9 Å². The molecule has 0 fully saturated rings. The highest BCUT2D eigenvalue weighted by atomic mass is 16.5. The highest BCUT2D eigenvalue weighted by molar-refractivity contribution is 6.03. The molecule has 0 saturated heterocycles. The number of ether oxygens (including phenoxy) is 1. The van der Waals surface area contributed by atoms with Gasteiger partial charge in [-0.25, -0.2) is 0 Å². The van der Waals surface area contributed by atoms with Gasteiger partial charge in [0.15, 0.2) is 0 Å². The molecular formula is C16H25N3O3. The first-order chi connectivity index (χ1) is 10.7. The molecule has 0 bridgehead atoms. The number of carbonyl (C=O) groups is 2. The summed E-state index contributed by atoms with van der Waals surface area (Å²) >= 11 is 0. The normalized spacial score (nSPS) is 10.3. The van der Waals surface area contributed by atoms with Gasteiger partial charge in [-0.2, -0.15) is 0 Å². The Balaban J connectivity index is 2.50. The lowest BCUT2D eigenvalue weighted by Gasteiger charge is -2.11. The monoisotopic (exact) mass is 307 g/mol. The maximum atomic E-state index is 12.0. The summed E-state index contributed by atoms with van der Waals surface area (Å²) in [6.07, 6.45) is 3.15. The van der Waals surface area contributed by atoms with Crippen LogP contribution in [-0.4, -0.2) is 38.1 Å². The Morgan fingerprint density at radius 1 is 1.23 bits per heavy atom. The van der Waals surface area contributed by atoms with Crippen molar-refractivity contribution in [1.29, 1.82) is 0 Å². The summed E-state index contributed by atoms with van der Waals surface area (Å²) < 4.78 is 5.31. The number of unbranched alkanes of at least 4 members (excludes halogenated alkanes) is 2. The van der Waals surface area contributed by atoms with Gasteiger partial charge in [-0.05, 0) is 18.6 Å². The van der Waals surface area contributed by atoms with E-state index in [1.165, 1.54) is 0 Å². The molecule has 6 nitrogen and oxygen atoms in total. The van der Waals surface area contributed by atoms with Gasteiger partial charge in [0, 0.05) is 19.7 Å². The van der Waals surface area contributed by atoms with Crippen LogP contribution in [0.4, 0.5) is 5.69 Å². The minimum atomic E-state index is -0.268. The van der Waals surface area contributed by atoms with Crippen molar-refractivity contribution in [2.75, 3.05) is 31.6 Å². The standard InChI is InChI=1S/C16H25N3O3/c1-2-3-6-11-22-12-15(20)19-14-8-5-4-7-13(14)16(21)18-10-9-17/h4-5,7-8H,2-3,6,9-12,17H2,1H3,(H,18,21)(H,19,20). The summed E-state index contributed by atoms with van der Waals surface area (Å²) in [5.41, 5.74) is 6.25. The predicted octanol–water partition coefficient (Wildman–Crippen LogP) is 1.52. The number of para-hydroxylation sites is 1. The van der Waals surface area contributed by atoms with E-state index in [-0.39, 0.29) is 18.4 Å². The Hall–Kier alpha value is -1.92. The number of anilines is 1. The second kappa shape index (κ2) is 10.8. The van der Waals surface area contributed by atoms with E-state index in [9.17, 15) is 9.59 Å². The van der Waals surface area contributed by atoms with Crippen LogP contribution in [0.25, 0.3) is 0 Å². The van der Waals surface area contributed by atoms with Crippen LogP contribution in [0.5, 0.6) is 0 Å². The Morgan fingerprint density at radius 2 is 2.00 bits per heavy atom. The minimum absolute atomic E-state index is 0.0114. The predicted molar refractivity (Wildman–Crippen MR) is 86.8 cm³/mol. The Morgan fingerprint density at radius 3 is 2.73 bits per heavy atom. The first-order valence-corrected chi connectivity index (χ1v) is 7.64. The van der Waals surface area contributed by atoms with Crippen LogP contribution in [0.15, 0.2) is 24.3 Å². The van der Waals surface area contributed by atoms with Gasteiger partial charge in [0.05, 0.1) is 11.3 Å². The first kappa shape index (κ1) is 18.1. The van der Waals surface area contributed by atoms with Gasteiger partial charge < -0.3 is 21.1 Å². The van der Waals surface area contributed by atoms with Crippen molar-refractivity contribution in [1.82, 2.24) is 5.32 Å². The lowest BCUT2D eigenvalue weighted by atomic mass is 10.1. The zero-order valence-electron chi connectivity index (χ0n) is 13.1. The van der Waals surface area contributed by atoms with Gasteiger partial charge in [-0.3, -0.25) is 9.59 Å². The fourth-order valence-electron chi connectivity index (χ4n) is 1.88. The summed E-state index contributed by atoms with van der Waals surface area (Å²) in [6.45, 7) is 3.43. The van der Waals surface area contributed by atoms with Gasteiger partial charge >= 0.3 is 0 Å². The lowest BCUT2D eigenvalue weighted by molar-refractivity contribution is -0.120. The zero-order chi connectivity index (χ0) is 16.2. The van der Waals surface area contributed by atoms with Crippen molar-refractivity contribution in [3.8, 4) is 0 Å². The van der Waals surface area contributed by atoms with Crippen molar-refractivity contribution in [2.45, 2.75) is 26.2 Å². The fourth-order valence-corrected chi connectivity index (χ4v) is 1.88. The number of rotatable bonds is 10. The van der Waals surface area contributed by atoms with E-state index >= 15 is 0 Å². The van der Waals surface area contributed by atoms with E-state index in [1.807, 2.05) is 0 Å². The molecule has 1 rings (SSSR count). The molecule has 0 atom stereocenters. The van der Waals surface area contributed by atoms with Crippen LogP contribution in [-0.2, 0) is 9.53 Å². The van der Waals surface area contributed by atoms with E-state index < -0.39 is 0 Å². The maximum absolute atomic E-state index is 12.0. The van der Waals surface area contributed by atoms with Gasteiger partial charge in [-0.15, -0.1) is 0 Å². The number of carbonyl (C=O) groups excluding carboxylic acids is 2. The fraction of sp³-hybridized carbons (Fsp3) is 0.500. The van der Waals surface area contributed by atoms with Gasteiger partial charge in [0.25, 0.3) is 5.91 Å². The molecule has 1 aromatic carbocycles. The third-order valence-corrected chi connectivity index (χ3v) is 3.00. The van der Waals surface area contributed by atoms with E-state index in [0.717, 1.165) is 19.3 Å². The van der Waals surface area contributed by atoms with E-state index in [4.69, 9.17) is 10.5 Å². The van der Waals surface area contributed by atoms with Crippen LogP contribution in [0.1, 0.15) is 36.5 Å². The molecule has 0 spiro atoms. The highest BCUT2D eigenvalue weighted by Gasteiger charge is 2.12. The van der Waals surface area contributed by atoms with Crippen LogP contribution in [0.2, 0.25) is 0 Å². The van der Waals surface area contributed by atoms with E-state index in [0.29, 0.717) is 30.9 Å². The molecule has 122 valence electrons. The average Bonchev–Trinajstić information content (AvgIpc) is 2.53. The Labute approximate surface area is 131 Å². The van der Waals surface area contributed by atoms with Crippen LogP contribution in [0.3, 0.4) is 0 Å². The lowest BCUT2D eigenvalue weighted by Crippen LogP contribution is -2.30. The van der Waals surface area contributed by atoms with Crippen LogP contribution in [0, 0.1) is 0 Å². The molecule has 1 aromatic rings. The number of nitrogens with one attached hydrogen (secondary N) is 2. The molecule has 0 aromatic heterocycles. The van der Waals surface area contributed by atoms with Gasteiger partial charge in [0.1, 0.15) is 6.61 Å². The molecule has 0 radical (unpaired) electrons. The SMILES string of the molecule is CCCCCOCC(=O)Nc1ccccc1C(=O)NCCN. The van der Waals surface area contributed by atoms with Crippen LogP contribution >= 0.6 is 0 Å². The summed E-state index contributed by atoms with van der Waals surface area (Å²) in [5, 5.41) is 5.38. The van der Waals surface area contributed by atoms with E-state index in [2.05, 4.69) is 17.6 Å². The number of benzene rings is 1. The molecule has 0 aliphatic heterocycles. The second-order valence-electron chi connectivity index (χ2n) is 4.90. The molecule has 6 heteroatoms. The number of amides is 2. The summed E-state index contributed by atoms with van der Waals surface area (Å²) in [6, 6.07) is 6.85. The molecule has 22 heavy (non-hydrogen) atoms. The highest BCUT2D eigenvalue weighted by Crippen LogP contribution is 2.14. The third kappa shape index (κ3) is 6.69. The zero-order valence-corrected chi connectivity index (χ0v) is 13.1. The minimum Gasteiger partial charge on any atom is -0.372 e. The number of nitrogens with two attached hydrogens (primary N) is 1. The molecule has 0 heterocycles. The van der Waals surface area contributed by atoms with Gasteiger partial charge in [0.2, 0.25) is 5.91 Å². The molecule has 0 saturated carbocycles. The Kier molecular flexibility index (Phi) is 8.86. The van der Waals surface area contributed by atoms with Crippen molar-refractivity contribution in [3.05, 3.63) is 29.8 Å². The quantitative estimate of drug-likeness (QED) is 0.571. The van der Waals surface area contributed by atoms with Crippen molar-refractivity contribution >= 4 is 17.5 Å². The van der Waals surface area contributed by atoms with Crippen molar-refractivity contribution < 1.29 is 14.3 Å². The Bertz CT molecular complexity index is 477. The molecule has 0 unspecified atom stereocenters. The van der Waals surface area contributed by atoms with Crippen molar-refractivity contribution in [2.24, 2.45) is 5.73 Å². The molecule has 2 amide bonds. The molecule has 0 aliphatic carbocycles. The maximum Gasteiger partial charge on any atom is 0.253 e. The largest absolute Gasteiger partial charge is 0.372 e. The summed E-state index contributed by atoms with van der Waals surface area (Å²) in [7, 11) is 0. The smallest absolute Gasteiger partial charge is 0.253 e. The molecular weight excluding hydrogens is 282 g/mol. The average molecular weight is 307 g/mol. The van der Waals surface area contributed by atoms with E-state index in [1.54, 1.807) is 24.3 Å². The summed E-state index contributed by atoms with van der Waals surface area (Å²) in [5.74, 6) is -0.527. The first-order valence-electron chi connectivity index (χ1n) is 7.64. The second-order valence-corrected chi connectivity index (χ2v) is 4.90. The molecule has 4 N–H and O–H groups in total.